The third-order valence-corrected chi connectivity index (χ3v) is 3.78. The van der Waals surface area contributed by atoms with Crippen molar-refractivity contribution in [2.75, 3.05) is 5.75 Å². The fourth-order valence-corrected chi connectivity index (χ4v) is 2.74. The molecule has 0 saturated carbocycles. The van der Waals surface area contributed by atoms with Gasteiger partial charge in [-0.3, -0.25) is 0 Å². The maximum Gasteiger partial charge on any atom is 0.191 e. The minimum absolute atomic E-state index is 0.596. The molecule has 2 rings (SSSR count). The molecule has 0 aliphatic heterocycles. The quantitative estimate of drug-likeness (QED) is 0.597. The molecule has 19 heavy (non-hydrogen) atoms. The molecule has 1 heterocycles. The Balaban J connectivity index is 2.15. The van der Waals surface area contributed by atoms with Gasteiger partial charge >= 0.3 is 0 Å². The van der Waals surface area contributed by atoms with Crippen LogP contribution in [0.5, 0.6) is 0 Å². The summed E-state index contributed by atoms with van der Waals surface area (Å²) in [5.74, 6) is 1.81. The van der Waals surface area contributed by atoms with Crippen LogP contribution in [0.3, 0.4) is 0 Å². The van der Waals surface area contributed by atoms with Gasteiger partial charge < -0.3 is 4.57 Å². The number of hydrogen-bond acceptors (Lipinski definition) is 4. The number of nitrogens with zero attached hydrogens (tertiary/aromatic N) is 4. The molecule has 0 atom stereocenters. The van der Waals surface area contributed by atoms with E-state index in [1.807, 2.05) is 30.3 Å². The minimum Gasteiger partial charge on any atom is -0.302 e. The molecular weight excluding hydrogens is 256 g/mol. The predicted octanol–water partition coefficient (Wildman–Crippen LogP) is 3.36. The molecule has 4 nitrogen and oxygen atoms in total. The first kappa shape index (κ1) is 13.6. The Morgan fingerprint density at radius 3 is 2.74 bits per heavy atom. The first-order valence-corrected chi connectivity index (χ1v) is 7.33. The summed E-state index contributed by atoms with van der Waals surface area (Å²) in [6, 6.07) is 12.2. The van der Waals surface area contributed by atoms with Crippen molar-refractivity contribution < 1.29 is 0 Å². The van der Waals surface area contributed by atoms with E-state index in [0.29, 0.717) is 6.42 Å². The van der Waals surface area contributed by atoms with Crippen LogP contribution in [0.2, 0.25) is 0 Å². The summed E-state index contributed by atoms with van der Waals surface area (Å²) in [5, 5.41) is 18.0. The lowest BCUT2D eigenvalue weighted by Crippen LogP contribution is -1.99. The van der Waals surface area contributed by atoms with Crippen molar-refractivity contribution in [2.45, 2.75) is 31.5 Å². The molecule has 0 unspecified atom stereocenters. The van der Waals surface area contributed by atoms with Crippen LogP contribution in [0.1, 0.15) is 19.8 Å². The van der Waals surface area contributed by atoms with Crippen LogP contribution in [0.15, 0.2) is 35.5 Å². The highest BCUT2D eigenvalue weighted by atomic mass is 32.2. The average molecular weight is 272 g/mol. The Morgan fingerprint density at radius 1 is 1.26 bits per heavy atom. The molecule has 0 amide bonds. The van der Waals surface area contributed by atoms with Crippen LogP contribution in [-0.4, -0.2) is 20.5 Å². The Morgan fingerprint density at radius 2 is 2.05 bits per heavy atom. The Hall–Kier alpha value is -1.80. The zero-order valence-corrected chi connectivity index (χ0v) is 11.7. The summed E-state index contributed by atoms with van der Waals surface area (Å²) >= 11 is 1.67. The highest BCUT2D eigenvalue weighted by Gasteiger charge is 2.12. The van der Waals surface area contributed by atoms with Crippen molar-refractivity contribution in [2.24, 2.45) is 0 Å². The Labute approximate surface area is 117 Å². The van der Waals surface area contributed by atoms with Crippen molar-refractivity contribution in [3.05, 3.63) is 30.3 Å². The SMILES string of the molecule is CCn1c(SCCCC#N)nnc1-c1ccccc1. The molecule has 0 saturated heterocycles. The van der Waals surface area contributed by atoms with Gasteiger partial charge in [-0.15, -0.1) is 10.2 Å². The van der Waals surface area contributed by atoms with Gasteiger partial charge in [0, 0.05) is 24.3 Å². The van der Waals surface area contributed by atoms with Crippen LogP contribution in [0.4, 0.5) is 0 Å². The van der Waals surface area contributed by atoms with Gasteiger partial charge in [0.1, 0.15) is 0 Å². The third kappa shape index (κ3) is 3.36. The van der Waals surface area contributed by atoms with Gasteiger partial charge in [-0.2, -0.15) is 5.26 Å². The number of thioether (sulfide) groups is 1. The minimum atomic E-state index is 0.596. The first-order chi connectivity index (χ1) is 9.36. The van der Waals surface area contributed by atoms with Gasteiger partial charge in [0.15, 0.2) is 11.0 Å². The number of rotatable bonds is 6. The van der Waals surface area contributed by atoms with Crippen molar-refractivity contribution in [3.63, 3.8) is 0 Å². The zero-order chi connectivity index (χ0) is 13.5. The maximum absolute atomic E-state index is 8.52. The van der Waals surface area contributed by atoms with E-state index in [-0.39, 0.29) is 0 Å². The molecule has 98 valence electrons. The lowest BCUT2D eigenvalue weighted by molar-refractivity contribution is 0.687. The van der Waals surface area contributed by atoms with E-state index in [4.69, 9.17) is 5.26 Å². The van der Waals surface area contributed by atoms with Gasteiger partial charge in [0.05, 0.1) is 6.07 Å². The highest BCUT2D eigenvalue weighted by molar-refractivity contribution is 7.99. The second kappa shape index (κ2) is 6.95. The van der Waals surface area contributed by atoms with Crippen molar-refractivity contribution in [1.29, 1.82) is 5.26 Å². The summed E-state index contributed by atoms with van der Waals surface area (Å²) in [5.41, 5.74) is 1.08. The van der Waals surface area contributed by atoms with Crippen LogP contribution in [-0.2, 0) is 6.54 Å². The molecule has 2 aromatic rings. The normalized spacial score (nSPS) is 10.3. The second-order valence-electron chi connectivity index (χ2n) is 4.03. The molecule has 0 aliphatic carbocycles. The molecule has 0 radical (unpaired) electrons. The average Bonchev–Trinajstić information content (AvgIpc) is 2.87. The van der Waals surface area contributed by atoms with E-state index in [1.54, 1.807) is 11.8 Å². The van der Waals surface area contributed by atoms with E-state index in [2.05, 4.69) is 27.8 Å². The summed E-state index contributed by atoms with van der Waals surface area (Å²) in [4.78, 5) is 0. The molecule has 0 fully saturated rings. The number of nitriles is 1. The zero-order valence-electron chi connectivity index (χ0n) is 10.9. The summed E-state index contributed by atoms with van der Waals surface area (Å²) in [7, 11) is 0. The molecule has 1 aromatic carbocycles. The van der Waals surface area contributed by atoms with Gasteiger partial charge in [0.25, 0.3) is 0 Å². The maximum atomic E-state index is 8.52. The summed E-state index contributed by atoms with van der Waals surface area (Å²) in [6.45, 7) is 2.94. The second-order valence-corrected chi connectivity index (χ2v) is 5.09. The Kier molecular flexibility index (Phi) is 4.99. The summed E-state index contributed by atoms with van der Waals surface area (Å²) < 4.78 is 2.12. The third-order valence-electron chi connectivity index (χ3n) is 2.73. The van der Waals surface area contributed by atoms with Crippen molar-refractivity contribution in [1.82, 2.24) is 14.8 Å². The molecule has 0 N–H and O–H groups in total. The lowest BCUT2D eigenvalue weighted by atomic mass is 10.2. The fourth-order valence-electron chi connectivity index (χ4n) is 1.80. The van der Waals surface area contributed by atoms with Gasteiger partial charge in [0.2, 0.25) is 0 Å². The number of hydrogen-bond donors (Lipinski definition) is 0. The lowest BCUT2D eigenvalue weighted by Gasteiger charge is -2.06. The van der Waals surface area contributed by atoms with Crippen LogP contribution >= 0.6 is 11.8 Å². The summed E-state index contributed by atoms with van der Waals surface area (Å²) in [6.07, 6.45) is 1.48. The monoisotopic (exact) mass is 272 g/mol. The molecule has 5 heteroatoms. The van der Waals surface area contributed by atoms with Gasteiger partial charge in [-0.1, -0.05) is 42.1 Å². The number of aromatic nitrogens is 3. The van der Waals surface area contributed by atoms with Gasteiger partial charge in [-0.05, 0) is 13.3 Å². The van der Waals surface area contributed by atoms with E-state index >= 15 is 0 Å². The first-order valence-electron chi connectivity index (χ1n) is 6.35. The molecule has 0 bridgehead atoms. The van der Waals surface area contributed by atoms with Crippen LogP contribution in [0, 0.1) is 11.3 Å². The highest BCUT2D eigenvalue weighted by Crippen LogP contribution is 2.24. The molecule has 0 spiro atoms. The predicted molar refractivity (Wildman–Crippen MR) is 76.7 cm³/mol. The fraction of sp³-hybridized carbons (Fsp3) is 0.357. The Bertz CT molecular complexity index is 557. The van der Waals surface area contributed by atoms with Crippen molar-refractivity contribution in [3.8, 4) is 17.5 Å². The number of unbranched alkanes of at least 4 members (excludes halogenated alkanes) is 1. The molecule has 0 aliphatic rings. The largest absolute Gasteiger partial charge is 0.302 e. The van der Waals surface area contributed by atoms with Crippen molar-refractivity contribution >= 4 is 11.8 Å². The molecule has 1 aromatic heterocycles. The van der Waals surface area contributed by atoms with Crippen LogP contribution in [0.25, 0.3) is 11.4 Å². The topological polar surface area (TPSA) is 54.5 Å². The van der Waals surface area contributed by atoms with E-state index in [9.17, 15) is 0 Å². The van der Waals surface area contributed by atoms with Gasteiger partial charge in [-0.25, -0.2) is 0 Å². The standard InChI is InChI=1S/C14H16N4S/c1-2-18-13(12-8-4-3-5-9-12)16-17-14(18)19-11-7-6-10-15/h3-5,8-9H,2,6-7,11H2,1H3. The van der Waals surface area contributed by atoms with E-state index in [0.717, 1.165) is 35.3 Å². The number of benzene rings is 1. The smallest absolute Gasteiger partial charge is 0.191 e. The van der Waals surface area contributed by atoms with E-state index < -0.39 is 0 Å². The van der Waals surface area contributed by atoms with Crippen LogP contribution < -0.4 is 0 Å². The van der Waals surface area contributed by atoms with E-state index in [1.165, 1.54) is 0 Å². The molecular formula is C14H16N4S.